The molecule has 104 valence electrons. The van der Waals surface area contributed by atoms with Crippen LogP contribution in [0.1, 0.15) is 23.5 Å². The zero-order valence-electron chi connectivity index (χ0n) is 10.9. The summed E-state index contributed by atoms with van der Waals surface area (Å²) in [5, 5.41) is 6.37. The lowest BCUT2D eigenvalue weighted by Crippen LogP contribution is -2.55. The van der Waals surface area contributed by atoms with Crippen molar-refractivity contribution in [3.63, 3.8) is 0 Å². The third-order valence-electron chi connectivity index (χ3n) is 2.94. The van der Waals surface area contributed by atoms with Crippen molar-refractivity contribution in [2.24, 2.45) is 0 Å². The molecule has 2 rings (SSSR count). The molecule has 19 heavy (non-hydrogen) atoms. The van der Waals surface area contributed by atoms with Gasteiger partial charge in [0.2, 0.25) is 5.91 Å². The SMILES string of the molecule is CCNc1nc(N)c(C(=O)N2CCNC(=O)C2C)s1. The fraction of sp³-hybridized carbons (Fsp3) is 0.545. The molecule has 2 heterocycles. The first-order valence-electron chi connectivity index (χ1n) is 6.13. The highest BCUT2D eigenvalue weighted by molar-refractivity contribution is 7.18. The summed E-state index contributed by atoms with van der Waals surface area (Å²) in [4.78, 5) is 30.0. The summed E-state index contributed by atoms with van der Waals surface area (Å²) in [7, 11) is 0. The highest BCUT2D eigenvalue weighted by Crippen LogP contribution is 2.27. The van der Waals surface area contributed by atoms with Crippen molar-refractivity contribution < 1.29 is 9.59 Å². The zero-order valence-corrected chi connectivity index (χ0v) is 11.7. The number of hydrogen-bond acceptors (Lipinski definition) is 6. The minimum absolute atomic E-state index is 0.144. The summed E-state index contributed by atoms with van der Waals surface area (Å²) in [5.41, 5.74) is 5.77. The molecule has 1 saturated heterocycles. The molecule has 1 atom stereocenters. The molecular formula is C11H17N5O2S. The molecule has 1 aromatic rings. The number of hydrogen-bond donors (Lipinski definition) is 3. The van der Waals surface area contributed by atoms with Gasteiger partial charge in [0.25, 0.3) is 5.91 Å². The molecule has 1 aliphatic heterocycles. The number of amides is 2. The Morgan fingerprint density at radius 1 is 1.68 bits per heavy atom. The zero-order chi connectivity index (χ0) is 14.0. The molecule has 0 spiro atoms. The van der Waals surface area contributed by atoms with E-state index >= 15 is 0 Å². The average Bonchev–Trinajstić information content (AvgIpc) is 2.73. The fourth-order valence-electron chi connectivity index (χ4n) is 1.90. The lowest BCUT2D eigenvalue weighted by Gasteiger charge is -2.32. The second-order valence-electron chi connectivity index (χ2n) is 4.23. The quantitative estimate of drug-likeness (QED) is 0.731. The summed E-state index contributed by atoms with van der Waals surface area (Å²) in [6.07, 6.45) is 0. The predicted molar refractivity (Wildman–Crippen MR) is 74.2 cm³/mol. The van der Waals surface area contributed by atoms with Crippen LogP contribution < -0.4 is 16.4 Å². The first kappa shape index (κ1) is 13.6. The maximum Gasteiger partial charge on any atom is 0.268 e. The van der Waals surface area contributed by atoms with Gasteiger partial charge in [0.1, 0.15) is 16.7 Å². The molecule has 0 saturated carbocycles. The number of aromatic nitrogens is 1. The summed E-state index contributed by atoms with van der Waals surface area (Å²) in [6, 6.07) is -0.481. The lowest BCUT2D eigenvalue weighted by atomic mass is 10.2. The van der Waals surface area contributed by atoms with E-state index in [1.54, 1.807) is 6.92 Å². The van der Waals surface area contributed by atoms with Crippen LogP contribution in [0.15, 0.2) is 0 Å². The van der Waals surface area contributed by atoms with Crippen molar-refractivity contribution in [3.8, 4) is 0 Å². The molecule has 0 bridgehead atoms. The largest absolute Gasteiger partial charge is 0.382 e. The average molecular weight is 283 g/mol. The van der Waals surface area contributed by atoms with E-state index in [0.717, 1.165) is 0 Å². The van der Waals surface area contributed by atoms with Gasteiger partial charge in [-0.3, -0.25) is 9.59 Å². The van der Waals surface area contributed by atoms with E-state index in [1.807, 2.05) is 6.92 Å². The van der Waals surface area contributed by atoms with Gasteiger partial charge in [0, 0.05) is 19.6 Å². The Bertz CT molecular complexity index is 501. The Balaban J connectivity index is 2.21. The van der Waals surface area contributed by atoms with Crippen LogP contribution in [0.5, 0.6) is 0 Å². The molecular weight excluding hydrogens is 266 g/mol. The van der Waals surface area contributed by atoms with Crippen LogP contribution in [-0.2, 0) is 4.79 Å². The van der Waals surface area contributed by atoms with Gasteiger partial charge in [-0.05, 0) is 13.8 Å². The Morgan fingerprint density at radius 2 is 2.42 bits per heavy atom. The summed E-state index contributed by atoms with van der Waals surface area (Å²) in [5.74, 6) is -0.166. The van der Waals surface area contributed by atoms with Gasteiger partial charge < -0.3 is 21.3 Å². The van der Waals surface area contributed by atoms with Crippen molar-refractivity contribution in [2.45, 2.75) is 19.9 Å². The summed E-state index contributed by atoms with van der Waals surface area (Å²) >= 11 is 1.22. The third kappa shape index (κ3) is 2.62. The molecule has 1 unspecified atom stereocenters. The molecule has 8 heteroatoms. The number of nitrogens with two attached hydrogens (primary N) is 1. The van der Waals surface area contributed by atoms with E-state index < -0.39 is 6.04 Å². The molecule has 7 nitrogen and oxygen atoms in total. The van der Waals surface area contributed by atoms with Crippen LogP contribution in [-0.4, -0.2) is 47.4 Å². The Kier molecular flexibility index (Phi) is 3.89. The van der Waals surface area contributed by atoms with Crippen LogP contribution in [0.2, 0.25) is 0 Å². The number of carbonyl (C=O) groups is 2. The maximum atomic E-state index is 12.4. The molecule has 1 fully saturated rings. The number of nitrogen functional groups attached to an aromatic ring is 1. The monoisotopic (exact) mass is 283 g/mol. The molecule has 1 aliphatic rings. The molecule has 0 radical (unpaired) electrons. The minimum atomic E-state index is -0.481. The third-order valence-corrected chi connectivity index (χ3v) is 3.95. The predicted octanol–water partition coefficient (Wildman–Crippen LogP) is 0.118. The van der Waals surface area contributed by atoms with Gasteiger partial charge in [-0.15, -0.1) is 0 Å². The van der Waals surface area contributed by atoms with E-state index in [9.17, 15) is 9.59 Å². The number of rotatable bonds is 3. The van der Waals surface area contributed by atoms with Crippen molar-refractivity contribution >= 4 is 34.1 Å². The Morgan fingerprint density at radius 3 is 3.11 bits per heavy atom. The van der Waals surface area contributed by atoms with Crippen LogP contribution >= 0.6 is 11.3 Å². The van der Waals surface area contributed by atoms with E-state index in [2.05, 4.69) is 15.6 Å². The van der Waals surface area contributed by atoms with Crippen LogP contribution in [0.3, 0.4) is 0 Å². The molecule has 1 aromatic heterocycles. The standard InChI is InChI=1S/C11H17N5O2S/c1-3-13-11-15-8(12)7(19-11)10(18)16-5-4-14-9(17)6(16)2/h6H,3-5,12H2,1-2H3,(H,13,15)(H,14,17). The van der Waals surface area contributed by atoms with E-state index in [1.165, 1.54) is 16.2 Å². The van der Waals surface area contributed by atoms with E-state index in [0.29, 0.717) is 29.6 Å². The van der Waals surface area contributed by atoms with Crippen molar-refractivity contribution in [1.82, 2.24) is 15.2 Å². The second-order valence-corrected chi connectivity index (χ2v) is 5.23. The van der Waals surface area contributed by atoms with Crippen LogP contribution in [0.25, 0.3) is 0 Å². The van der Waals surface area contributed by atoms with Gasteiger partial charge in [0.05, 0.1) is 0 Å². The topological polar surface area (TPSA) is 100 Å². The van der Waals surface area contributed by atoms with Gasteiger partial charge >= 0.3 is 0 Å². The molecule has 0 aromatic carbocycles. The summed E-state index contributed by atoms with van der Waals surface area (Å²) in [6.45, 7) is 5.31. The van der Waals surface area contributed by atoms with Crippen molar-refractivity contribution in [2.75, 3.05) is 30.7 Å². The van der Waals surface area contributed by atoms with Crippen molar-refractivity contribution in [1.29, 1.82) is 0 Å². The molecule has 0 aliphatic carbocycles. The Labute approximate surface area is 115 Å². The smallest absolute Gasteiger partial charge is 0.268 e. The van der Waals surface area contributed by atoms with Crippen molar-refractivity contribution in [3.05, 3.63) is 4.88 Å². The number of piperazine rings is 1. The second kappa shape index (κ2) is 5.43. The van der Waals surface area contributed by atoms with E-state index in [4.69, 9.17) is 5.73 Å². The number of anilines is 2. The lowest BCUT2D eigenvalue weighted by molar-refractivity contribution is -0.127. The molecule has 2 amide bonds. The van der Waals surface area contributed by atoms with Gasteiger partial charge in [0.15, 0.2) is 5.13 Å². The van der Waals surface area contributed by atoms with Gasteiger partial charge in [-0.2, -0.15) is 0 Å². The highest BCUT2D eigenvalue weighted by atomic mass is 32.1. The Hall–Kier alpha value is -1.83. The highest BCUT2D eigenvalue weighted by Gasteiger charge is 2.32. The van der Waals surface area contributed by atoms with E-state index in [-0.39, 0.29) is 17.6 Å². The normalized spacial score (nSPS) is 19.2. The molecule has 4 N–H and O–H groups in total. The number of nitrogens with zero attached hydrogens (tertiary/aromatic N) is 2. The first-order valence-corrected chi connectivity index (χ1v) is 6.95. The number of thiazole rings is 1. The number of nitrogens with one attached hydrogen (secondary N) is 2. The number of carbonyl (C=O) groups excluding carboxylic acids is 2. The van der Waals surface area contributed by atoms with Crippen LogP contribution in [0.4, 0.5) is 10.9 Å². The van der Waals surface area contributed by atoms with Crippen LogP contribution in [0, 0.1) is 0 Å². The van der Waals surface area contributed by atoms with Gasteiger partial charge in [-0.25, -0.2) is 4.98 Å². The van der Waals surface area contributed by atoms with Gasteiger partial charge in [-0.1, -0.05) is 11.3 Å². The summed E-state index contributed by atoms with van der Waals surface area (Å²) < 4.78 is 0. The minimum Gasteiger partial charge on any atom is -0.382 e. The maximum absolute atomic E-state index is 12.4. The first-order chi connectivity index (χ1) is 9.04. The fourth-order valence-corrected chi connectivity index (χ4v) is 2.81.